The van der Waals surface area contributed by atoms with Crippen molar-refractivity contribution >= 4 is 0 Å². The lowest BCUT2D eigenvalue weighted by Crippen LogP contribution is -2.29. The first kappa shape index (κ1) is 14.3. The van der Waals surface area contributed by atoms with Crippen molar-refractivity contribution < 1.29 is 9.84 Å². The number of methoxy groups -OCH3 is 1. The Balaban J connectivity index is 2.01. The molecule has 1 atom stereocenters. The van der Waals surface area contributed by atoms with Crippen LogP contribution in [0, 0.1) is 6.92 Å². The smallest absolute Gasteiger partial charge is 0.122 e. The molecular weight excluding hydrogens is 240 g/mol. The van der Waals surface area contributed by atoms with Crippen molar-refractivity contribution in [2.45, 2.75) is 45.2 Å². The van der Waals surface area contributed by atoms with E-state index in [1.54, 1.807) is 7.11 Å². The van der Waals surface area contributed by atoms with Gasteiger partial charge in [-0.15, -0.1) is 0 Å². The summed E-state index contributed by atoms with van der Waals surface area (Å²) in [4.78, 5) is 7.07. The number of aliphatic hydroxyl groups excluding tert-OH is 1. The van der Waals surface area contributed by atoms with E-state index < -0.39 is 0 Å². The van der Waals surface area contributed by atoms with Crippen LogP contribution in [0.1, 0.15) is 37.1 Å². The summed E-state index contributed by atoms with van der Waals surface area (Å²) in [5.41, 5.74) is 2.08. The topological polar surface area (TPSA) is 45.6 Å². The van der Waals surface area contributed by atoms with Crippen LogP contribution >= 0.6 is 0 Å². The average molecular weight is 264 g/mol. The highest BCUT2D eigenvalue weighted by Crippen LogP contribution is 2.24. The molecule has 0 aromatic carbocycles. The molecule has 1 aromatic rings. The van der Waals surface area contributed by atoms with Gasteiger partial charge in [-0.2, -0.15) is 0 Å². The van der Waals surface area contributed by atoms with Crippen LogP contribution in [0.4, 0.5) is 0 Å². The number of hydrogen-bond donors (Lipinski definition) is 1. The first-order valence-electron chi connectivity index (χ1n) is 7.09. The van der Waals surface area contributed by atoms with E-state index >= 15 is 0 Å². The highest BCUT2D eigenvalue weighted by Gasteiger charge is 2.24. The molecule has 0 saturated carbocycles. The molecule has 0 bridgehead atoms. The molecule has 0 spiro atoms. The average Bonchev–Trinajstić information content (AvgIpc) is 2.83. The van der Waals surface area contributed by atoms with Crippen molar-refractivity contribution in [1.82, 2.24) is 9.88 Å². The van der Waals surface area contributed by atoms with E-state index in [0.717, 1.165) is 43.1 Å². The number of rotatable bonds is 6. The molecule has 1 aliphatic heterocycles. The fraction of sp³-hybridized carbons (Fsp3) is 0.667. The Morgan fingerprint density at radius 1 is 1.47 bits per heavy atom. The van der Waals surface area contributed by atoms with Gasteiger partial charge in [0.2, 0.25) is 0 Å². The zero-order valence-corrected chi connectivity index (χ0v) is 11.9. The Kier molecular flexibility index (Phi) is 5.16. The molecule has 1 saturated heterocycles. The molecule has 1 N–H and O–H groups in total. The Bertz CT molecular complexity index is 409. The van der Waals surface area contributed by atoms with Crippen molar-refractivity contribution in [1.29, 1.82) is 0 Å². The van der Waals surface area contributed by atoms with Gasteiger partial charge < -0.3 is 9.84 Å². The first-order chi connectivity index (χ1) is 9.22. The monoisotopic (exact) mass is 264 g/mol. The molecule has 4 nitrogen and oxygen atoms in total. The van der Waals surface area contributed by atoms with Crippen LogP contribution in [0.25, 0.3) is 0 Å². The van der Waals surface area contributed by atoms with Crippen LogP contribution in [0.15, 0.2) is 12.1 Å². The molecule has 2 heterocycles. The summed E-state index contributed by atoms with van der Waals surface area (Å²) in [6, 6.07) is 4.57. The minimum atomic E-state index is 0.293. The third-order valence-corrected chi connectivity index (χ3v) is 3.78. The number of hydrogen-bond acceptors (Lipinski definition) is 4. The number of ether oxygens (including phenoxy) is 1. The quantitative estimate of drug-likeness (QED) is 0.855. The maximum atomic E-state index is 8.96. The molecule has 0 radical (unpaired) electrons. The number of pyridine rings is 1. The summed E-state index contributed by atoms with van der Waals surface area (Å²) in [7, 11) is 1.69. The fourth-order valence-corrected chi connectivity index (χ4v) is 2.87. The van der Waals surface area contributed by atoms with Gasteiger partial charge in [0.15, 0.2) is 0 Å². The van der Waals surface area contributed by atoms with Gasteiger partial charge in [0.05, 0.1) is 12.8 Å². The fourth-order valence-electron chi connectivity index (χ4n) is 2.87. The second kappa shape index (κ2) is 6.87. The van der Waals surface area contributed by atoms with Crippen LogP contribution in [0.3, 0.4) is 0 Å². The molecule has 0 amide bonds. The Morgan fingerprint density at radius 3 is 3.05 bits per heavy atom. The highest BCUT2D eigenvalue weighted by atomic mass is 16.5. The zero-order valence-electron chi connectivity index (χ0n) is 11.9. The summed E-state index contributed by atoms with van der Waals surface area (Å²) >= 11 is 0. The van der Waals surface area contributed by atoms with E-state index in [9.17, 15) is 0 Å². The lowest BCUT2D eigenvalue weighted by atomic mass is 10.1. The van der Waals surface area contributed by atoms with Crippen molar-refractivity contribution in [3.63, 3.8) is 0 Å². The summed E-state index contributed by atoms with van der Waals surface area (Å²) in [6.07, 6.45) is 4.47. The van der Waals surface area contributed by atoms with Crippen LogP contribution in [0.2, 0.25) is 0 Å². The van der Waals surface area contributed by atoms with Gasteiger partial charge >= 0.3 is 0 Å². The highest BCUT2D eigenvalue weighted by molar-refractivity contribution is 5.26. The van der Waals surface area contributed by atoms with Crippen LogP contribution in [0.5, 0.6) is 5.75 Å². The summed E-state index contributed by atoms with van der Waals surface area (Å²) < 4.78 is 5.30. The third-order valence-electron chi connectivity index (χ3n) is 3.78. The minimum Gasteiger partial charge on any atom is -0.497 e. The Morgan fingerprint density at radius 2 is 2.32 bits per heavy atom. The number of aryl methyl sites for hydroxylation is 1. The van der Waals surface area contributed by atoms with Gasteiger partial charge in [0, 0.05) is 37.0 Å². The lowest BCUT2D eigenvalue weighted by molar-refractivity contribution is 0.208. The van der Waals surface area contributed by atoms with E-state index in [-0.39, 0.29) is 0 Å². The molecule has 1 unspecified atom stereocenters. The second-order valence-corrected chi connectivity index (χ2v) is 5.27. The molecule has 4 heteroatoms. The molecule has 2 rings (SSSR count). The van der Waals surface area contributed by atoms with Gasteiger partial charge in [-0.3, -0.25) is 9.88 Å². The standard InChI is InChI=1S/C15H24N2O2/c1-12-9-15(19-2)10-13(16-12)11-17-7-3-5-14(17)6-4-8-18/h9-10,14,18H,3-8,11H2,1-2H3. The second-order valence-electron chi connectivity index (χ2n) is 5.27. The molecule has 106 valence electrons. The number of likely N-dealkylation sites (tertiary alicyclic amines) is 1. The maximum absolute atomic E-state index is 8.96. The van der Waals surface area contributed by atoms with Gasteiger partial charge in [-0.25, -0.2) is 0 Å². The predicted molar refractivity (Wildman–Crippen MR) is 75.3 cm³/mol. The summed E-state index contributed by atoms with van der Waals surface area (Å²) in [5.74, 6) is 0.883. The van der Waals surface area contributed by atoms with Crippen molar-refractivity contribution in [3.05, 3.63) is 23.5 Å². The molecule has 1 aliphatic rings. The van der Waals surface area contributed by atoms with Crippen LogP contribution in [-0.4, -0.2) is 41.3 Å². The molecular formula is C15H24N2O2. The van der Waals surface area contributed by atoms with Gasteiger partial charge in [0.1, 0.15) is 5.75 Å². The van der Waals surface area contributed by atoms with E-state index in [2.05, 4.69) is 9.88 Å². The lowest BCUT2D eigenvalue weighted by Gasteiger charge is -2.24. The molecule has 1 fully saturated rings. The first-order valence-corrected chi connectivity index (χ1v) is 7.09. The minimum absolute atomic E-state index is 0.293. The Labute approximate surface area is 115 Å². The molecule has 19 heavy (non-hydrogen) atoms. The zero-order chi connectivity index (χ0) is 13.7. The van der Waals surface area contributed by atoms with Crippen molar-refractivity contribution in [2.24, 2.45) is 0 Å². The van der Waals surface area contributed by atoms with Crippen molar-refractivity contribution in [3.8, 4) is 5.75 Å². The van der Waals surface area contributed by atoms with E-state index in [1.165, 1.54) is 12.8 Å². The van der Waals surface area contributed by atoms with Gasteiger partial charge in [0.25, 0.3) is 0 Å². The van der Waals surface area contributed by atoms with Crippen molar-refractivity contribution in [2.75, 3.05) is 20.3 Å². The van der Waals surface area contributed by atoms with Crippen LogP contribution < -0.4 is 4.74 Å². The summed E-state index contributed by atoms with van der Waals surface area (Å²) in [5, 5.41) is 8.96. The SMILES string of the molecule is COc1cc(C)nc(CN2CCCC2CCCO)c1. The predicted octanol–water partition coefficient (Wildman–Crippen LogP) is 2.14. The third kappa shape index (κ3) is 3.91. The number of aliphatic hydroxyl groups is 1. The Hall–Kier alpha value is -1.13. The molecule has 1 aromatic heterocycles. The molecule has 0 aliphatic carbocycles. The maximum Gasteiger partial charge on any atom is 0.122 e. The van der Waals surface area contributed by atoms with E-state index in [0.29, 0.717) is 12.6 Å². The largest absolute Gasteiger partial charge is 0.497 e. The number of nitrogens with zero attached hydrogens (tertiary/aromatic N) is 2. The van der Waals surface area contributed by atoms with Gasteiger partial charge in [-0.05, 0) is 39.2 Å². The van der Waals surface area contributed by atoms with E-state index in [1.807, 2.05) is 19.1 Å². The number of aromatic nitrogens is 1. The van der Waals surface area contributed by atoms with E-state index in [4.69, 9.17) is 9.84 Å². The van der Waals surface area contributed by atoms with Crippen LogP contribution in [-0.2, 0) is 6.54 Å². The van der Waals surface area contributed by atoms with Gasteiger partial charge in [-0.1, -0.05) is 0 Å². The summed E-state index contributed by atoms with van der Waals surface area (Å²) in [6.45, 7) is 4.31. The normalized spacial score (nSPS) is 19.8.